The number of anilines is 1. The van der Waals surface area contributed by atoms with Crippen molar-refractivity contribution in [2.45, 2.75) is 30.5 Å². The Labute approximate surface area is 111 Å². The zero-order valence-corrected chi connectivity index (χ0v) is 10.2. The third-order valence-electron chi connectivity index (χ3n) is 3.00. The minimum absolute atomic E-state index is 0.129. The van der Waals surface area contributed by atoms with Gasteiger partial charge in [0.1, 0.15) is 18.0 Å². The molecule has 4 N–H and O–H groups in total. The van der Waals surface area contributed by atoms with Crippen molar-refractivity contribution in [1.29, 1.82) is 0 Å². The van der Waals surface area contributed by atoms with E-state index in [4.69, 9.17) is 10.5 Å². The summed E-state index contributed by atoms with van der Waals surface area (Å²) in [5.41, 5.74) is 4.22. The van der Waals surface area contributed by atoms with Gasteiger partial charge in [-0.2, -0.15) is 13.8 Å². The Morgan fingerprint density at radius 1 is 1.65 bits per heavy atom. The first-order valence-corrected chi connectivity index (χ1v) is 5.65. The molecule has 0 aliphatic carbocycles. The summed E-state index contributed by atoms with van der Waals surface area (Å²) in [4.78, 5) is 14.9. The first kappa shape index (κ1) is 14.6. The topological polar surface area (TPSA) is 111 Å². The normalized spacial score (nSPS) is 30.1. The number of hydrogen-bond acceptors (Lipinski definition) is 6. The summed E-state index contributed by atoms with van der Waals surface area (Å²) >= 11 is 0. The van der Waals surface area contributed by atoms with Crippen LogP contribution in [0.1, 0.15) is 6.23 Å². The van der Waals surface area contributed by atoms with Gasteiger partial charge in [0.15, 0.2) is 6.10 Å². The van der Waals surface area contributed by atoms with Gasteiger partial charge in [-0.25, -0.2) is 4.79 Å². The molecule has 0 aromatic carbocycles. The molecule has 9 heteroatoms. The maximum Gasteiger partial charge on any atom is 0.351 e. The molecular weight excluding hydrogens is 276 g/mol. The highest BCUT2D eigenvalue weighted by atomic mass is 19.3. The maximum atomic E-state index is 14.0. The molecule has 1 fully saturated rings. The van der Waals surface area contributed by atoms with Gasteiger partial charge in [-0.15, -0.1) is 6.58 Å². The Hall–Kier alpha value is -1.84. The second kappa shape index (κ2) is 4.93. The first-order valence-electron chi connectivity index (χ1n) is 5.65. The summed E-state index contributed by atoms with van der Waals surface area (Å²) in [6.45, 7) is 3.23. The van der Waals surface area contributed by atoms with Crippen LogP contribution in [-0.4, -0.2) is 44.0 Å². The lowest BCUT2D eigenvalue weighted by atomic mass is 10.0. The molecule has 0 spiro atoms. The summed E-state index contributed by atoms with van der Waals surface area (Å²) in [6.07, 6.45) is -5.53. The highest BCUT2D eigenvalue weighted by molar-refractivity contribution is 5.23. The van der Waals surface area contributed by atoms with E-state index in [2.05, 4.69) is 11.6 Å². The summed E-state index contributed by atoms with van der Waals surface area (Å²) in [6, 6.07) is 1.14. The molecule has 1 aliphatic heterocycles. The number of nitrogens with two attached hydrogens (primary N) is 1. The fraction of sp³-hybridized carbons (Fsp3) is 0.455. The molecule has 2 heterocycles. The molecule has 0 radical (unpaired) electrons. The van der Waals surface area contributed by atoms with Crippen LogP contribution in [0.5, 0.6) is 0 Å². The van der Waals surface area contributed by atoms with Crippen molar-refractivity contribution >= 4 is 5.82 Å². The highest BCUT2D eigenvalue weighted by Gasteiger charge is 2.61. The summed E-state index contributed by atoms with van der Waals surface area (Å²) in [5.74, 6) is -3.91. The number of nitrogen functional groups attached to an aromatic ring is 1. The molecule has 1 aliphatic rings. The average Bonchev–Trinajstić information content (AvgIpc) is 2.61. The van der Waals surface area contributed by atoms with Crippen LogP contribution < -0.4 is 11.4 Å². The molecule has 0 saturated carbocycles. The van der Waals surface area contributed by atoms with Gasteiger partial charge in [0.25, 0.3) is 0 Å². The third-order valence-corrected chi connectivity index (χ3v) is 3.00. The number of nitrogens with zero attached hydrogens (tertiary/aromatic N) is 2. The van der Waals surface area contributed by atoms with E-state index in [0.29, 0.717) is 4.57 Å². The van der Waals surface area contributed by atoms with Gasteiger partial charge < -0.3 is 20.7 Å². The summed E-state index contributed by atoms with van der Waals surface area (Å²) in [7, 11) is 0. The lowest BCUT2D eigenvalue weighted by molar-refractivity contribution is -0.141. The molecule has 1 aromatic heterocycles. The van der Waals surface area contributed by atoms with Crippen LogP contribution in [0.25, 0.3) is 0 Å². The third kappa shape index (κ3) is 2.19. The van der Waals surface area contributed by atoms with Gasteiger partial charge in [0.2, 0.25) is 6.23 Å². The lowest BCUT2D eigenvalue weighted by Crippen LogP contribution is -2.43. The van der Waals surface area contributed by atoms with E-state index in [9.17, 15) is 23.8 Å². The van der Waals surface area contributed by atoms with Crippen LogP contribution in [0.4, 0.5) is 14.6 Å². The van der Waals surface area contributed by atoms with Crippen LogP contribution in [0.15, 0.2) is 29.7 Å². The van der Waals surface area contributed by atoms with Crippen molar-refractivity contribution in [2.24, 2.45) is 0 Å². The molecule has 0 unspecified atom stereocenters. The number of aromatic nitrogens is 2. The van der Waals surface area contributed by atoms with E-state index >= 15 is 0 Å². The maximum absolute atomic E-state index is 14.0. The largest absolute Gasteiger partial charge is 0.386 e. The zero-order valence-electron chi connectivity index (χ0n) is 10.2. The SMILES string of the molecule is C=C[C@H](O)[C@H]1O[C@@H](n2ccc(N)nc2=O)C(F)(F)[C@@H]1O. The van der Waals surface area contributed by atoms with E-state index in [0.717, 1.165) is 18.3 Å². The number of halogens is 2. The standard InChI is InChI=1S/C11H13F2N3O4/c1-2-5(17)7-8(18)11(12,13)9(20-7)16-4-3-6(14)15-10(16)19/h2-5,7-9,17-18H,1H2,(H2,14,15,19)/t5-,7+,8+,9+/m0/s1. The Morgan fingerprint density at radius 2 is 2.30 bits per heavy atom. The molecule has 1 saturated heterocycles. The molecule has 0 amide bonds. The smallest absolute Gasteiger partial charge is 0.351 e. The molecule has 0 bridgehead atoms. The predicted molar refractivity (Wildman–Crippen MR) is 64.0 cm³/mol. The van der Waals surface area contributed by atoms with Gasteiger partial charge in [-0.3, -0.25) is 4.57 Å². The monoisotopic (exact) mass is 289 g/mol. The van der Waals surface area contributed by atoms with Crippen LogP contribution in [-0.2, 0) is 4.74 Å². The Kier molecular flexibility index (Phi) is 3.59. The van der Waals surface area contributed by atoms with Gasteiger partial charge >= 0.3 is 11.6 Å². The Bertz CT molecular complexity index is 577. The number of rotatable bonds is 3. The fourth-order valence-corrected chi connectivity index (χ4v) is 1.94. The molecule has 20 heavy (non-hydrogen) atoms. The van der Waals surface area contributed by atoms with Crippen LogP contribution in [0.3, 0.4) is 0 Å². The zero-order chi connectivity index (χ0) is 15.1. The van der Waals surface area contributed by atoms with E-state index in [-0.39, 0.29) is 5.82 Å². The highest BCUT2D eigenvalue weighted by Crippen LogP contribution is 2.43. The molecule has 110 valence electrons. The number of alkyl halides is 2. The quantitative estimate of drug-likeness (QED) is 0.632. The molecule has 2 rings (SSSR count). The van der Waals surface area contributed by atoms with Crippen molar-refractivity contribution in [3.05, 3.63) is 35.4 Å². The number of aliphatic hydroxyl groups excluding tert-OH is 2. The summed E-state index contributed by atoms with van der Waals surface area (Å²) in [5, 5.41) is 19.0. The van der Waals surface area contributed by atoms with E-state index in [1.807, 2.05) is 0 Å². The lowest BCUT2D eigenvalue weighted by Gasteiger charge is -2.20. The van der Waals surface area contributed by atoms with Crippen molar-refractivity contribution in [3.8, 4) is 0 Å². The number of aliphatic hydroxyl groups is 2. The first-order chi connectivity index (χ1) is 9.28. The minimum Gasteiger partial charge on any atom is -0.386 e. The van der Waals surface area contributed by atoms with Crippen LogP contribution in [0.2, 0.25) is 0 Å². The Morgan fingerprint density at radius 3 is 2.85 bits per heavy atom. The average molecular weight is 289 g/mol. The summed E-state index contributed by atoms with van der Waals surface area (Å²) < 4.78 is 33.4. The number of ether oxygens (including phenoxy) is 1. The van der Waals surface area contributed by atoms with Crippen molar-refractivity contribution in [2.75, 3.05) is 5.73 Å². The second-order valence-corrected chi connectivity index (χ2v) is 4.34. The molecule has 4 atom stereocenters. The van der Waals surface area contributed by atoms with Crippen LogP contribution in [0, 0.1) is 0 Å². The van der Waals surface area contributed by atoms with Gasteiger partial charge in [-0.05, 0) is 6.07 Å². The van der Waals surface area contributed by atoms with Crippen molar-refractivity contribution in [3.63, 3.8) is 0 Å². The Balaban J connectivity index is 2.42. The van der Waals surface area contributed by atoms with Gasteiger partial charge in [0.05, 0.1) is 0 Å². The van der Waals surface area contributed by atoms with Crippen molar-refractivity contribution < 1.29 is 23.7 Å². The van der Waals surface area contributed by atoms with E-state index in [1.54, 1.807) is 0 Å². The van der Waals surface area contributed by atoms with Crippen LogP contribution >= 0.6 is 0 Å². The molecular formula is C11H13F2N3O4. The predicted octanol–water partition coefficient (Wildman–Crippen LogP) is -0.734. The van der Waals surface area contributed by atoms with Gasteiger partial charge in [-0.1, -0.05) is 6.08 Å². The van der Waals surface area contributed by atoms with E-state index in [1.165, 1.54) is 0 Å². The molecule has 1 aromatic rings. The minimum atomic E-state index is -3.78. The second-order valence-electron chi connectivity index (χ2n) is 4.34. The van der Waals surface area contributed by atoms with Crippen molar-refractivity contribution in [1.82, 2.24) is 9.55 Å². The van der Waals surface area contributed by atoms with Gasteiger partial charge in [0, 0.05) is 6.20 Å². The van der Waals surface area contributed by atoms with E-state index < -0.39 is 36.2 Å². The number of hydrogen-bond donors (Lipinski definition) is 3. The fourth-order valence-electron chi connectivity index (χ4n) is 1.94. The molecule has 7 nitrogen and oxygen atoms in total.